The van der Waals surface area contributed by atoms with Gasteiger partial charge in [0.15, 0.2) is 0 Å². The van der Waals surface area contributed by atoms with E-state index in [0.29, 0.717) is 22.6 Å². The molecule has 1 amide bonds. The molecule has 0 saturated heterocycles. The number of hydrogen-bond acceptors (Lipinski definition) is 5. The summed E-state index contributed by atoms with van der Waals surface area (Å²) in [6.45, 7) is 10.4. The van der Waals surface area contributed by atoms with Crippen LogP contribution in [-0.4, -0.2) is 23.5 Å². The van der Waals surface area contributed by atoms with Crippen LogP contribution in [0.4, 0.5) is 10.5 Å². The maximum Gasteiger partial charge on any atom is 0.412 e. The first-order valence-electron chi connectivity index (χ1n) is 7.04. The van der Waals surface area contributed by atoms with Gasteiger partial charge in [0, 0.05) is 25.6 Å². The quantitative estimate of drug-likeness (QED) is 0.802. The van der Waals surface area contributed by atoms with Crippen molar-refractivity contribution in [3.8, 4) is 5.75 Å². The SMILES string of the molecule is Cc1cc(NC(=O)OC(C)(C)C)cc2c1C(=O)OC(C)(C)O2. The van der Waals surface area contributed by atoms with Crippen molar-refractivity contribution in [2.75, 3.05) is 5.32 Å². The fourth-order valence-corrected chi connectivity index (χ4v) is 2.15. The molecule has 2 rings (SSSR count). The zero-order valence-electron chi connectivity index (χ0n) is 13.7. The van der Waals surface area contributed by atoms with E-state index in [1.54, 1.807) is 53.7 Å². The van der Waals surface area contributed by atoms with Crippen LogP contribution < -0.4 is 10.1 Å². The molecule has 0 saturated carbocycles. The van der Waals surface area contributed by atoms with Gasteiger partial charge in [0.05, 0.1) is 0 Å². The van der Waals surface area contributed by atoms with Gasteiger partial charge in [0.2, 0.25) is 5.79 Å². The molecular formula is C16H21NO5. The van der Waals surface area contributed by atoms with Gasteiger partial charge in [-0.05, 0) is 39.3 Å². The molecule has 0 fully saturated rings. The second kappa shape index (κ2) is 5.19. The number of carbonyl (C=O) groups excluding carboxylic acids is 2. The zero-order valence-corrected chi connectivity index (χ0v) is 13.7. The summed E-state index contributed by atoms with van der Waals surface area (Å²) in [7, 11) is 0. The number of benzene rings is 1. The lowest BCUT2D eigenvalue weighted by atomic mass is 10.0. The number of esters is 1. The molecule has 0 aromatic heterocycles. The highest BCUT2D eigenvalue weighted by atomic mass is 16.7. The van der Waals surface area contributed by atoms with E-state index in [1.165, 1.54) is 0 Å². The molecule has 0 atom stereocenters. The van der Waals surface area contributed by atoms with Crippen molar-refractivity contribution in [3.63, 3.8) is 0 Å². The summed E-state index contributed by atoms with van der Waals surface area (Å²) >= 11 is 0. The van der Waals surface area contributed by atoms with Crippen molar-refractivity contribution in [2.45, 2.75) is 52.9 Å². The van der Waals surface area contributed by atoms with Crippen LogP contribution in [0.25, 0.3) is 0 Å². The summed E-state index contributed by atoms with van der Waals surface area (Å²) in [5.74, 6) is -1.10. The second-order valence-corrected chi connectivity index (χ2v) is 6.68. The summed E-state index contributed by atoms with van der Waals surface area (Å²) in [5.41, 5.74) is 0.935. The molecule has 0 spiro atoms. The highest BCUT2D eigenvalue weighted by molar-refractivity contribution is 5.97. The Labute approximate surface area is 129 Å². The van der Waals surface area contributed by atoms with Gasteiger partial charge in [-0.2, -0.15) is 0 Å². The molecule has 1 aromatic rings. The van der Waals surface area contributed by atoms with E-state index in [4.69, 9.17) is 14.2 Å². The van der Waals surface area contributed by atoms with E-state index in [9.17, 15) is 9.59 Å². The Morgan fingerprint density at radius 2 is 1.86 bits per heavy atom. The van der Waals surface area contributed by atoms with Gasteiger partial charge in [-0.3, -0.25) is 5.32 Å². The first-order valence-corrected chi connectivity index (χ1v) is 7.04. The number of anilines is 1. The molecule has 1 aliphatic heterocycles. The number of amides is 1. The van der Waals surface area contributed by atoms with Gasteiger partial charge in [0.1, 0.15) is 16.9 Å². The average molecular weight is 307 g/mol. The Bertz CT molecular complexity index is 628. The smallest absolute Gasteiger partial charge is 0.412 e. The molecule has 6 heteroatoms. The number of rotatable bonds is 1. The second-order valence-electron chi connectivity index (χ2n) is 6.68. The number of ether oxygens (including phenoxy) is 3. The predicted molar refractivity (Wildman–Crippen MR) is 81.2 cm³/mol. The minimum atomic E-state index is -1.04. The normalized spacial score (nSPS) is 16.2. The molecule has 1 aromatic carbocycles. The fraction of sp³-hybridized carbons (Fsp3) is 0.500. The number of hydrogen-bond donors (Lipinski definition) is 1. The lowest BCUT2D eigenvalue weighted by Crippen LogP contribution is -2.39. The van der Waals surface area contributed by atoms with Gasteiger partial charge in [-0.25, -0.2) is 9.59 Å². The Hall–Kier alpha value is -2.24. The predicted octanol–water partition coefficient (Wildman–Crippen LogP) is 3.63. The minimum Gasteiger partial charge on any atom is -0.452 e. The van der Waals surface area contributed by atoms with Gasteiger partial charge < -0.3 is 14.2 Å². The summed E-state index contributed by atoms with van der Waals surface area (Å²) < 4.78 is 16.1. The monoisotopic (exact) mass is 307 g/mol. The molecule has 120 valence electrons. The summed E-state index contributed by atoms with van der Waals surface area (Å²) in [6, 6.07) is 3.26. The van der Waals surface area contributed by atoms with Crippen LogP contribution in [0.3, 0.4) is 0 Å². The average Bonchev–Trinajstić information content (AvgIpc) is 2.21. The van der Waals surface area contributed by atoms with Crippen molar-refractivity contribution < 1.29 is 23.8 Å². The molecule has 1 aliphatic rings. The molecule has 1 heterocycles. The molecular weight excluding hydrogens is 286 g/mol. The number of aryl methyl sites for hydroxylation is 1. The Morgan fingerprint density at radius 3 is 2.45 bits per heavy atom. The molecule has 1 N–H and O–H groups in total. The summed E-state index contributed by atoms with van der Waals surface area (Å²) in [4.78, 5) is 23.9. The largest absolute Gasteiger partial charge is 0.452 e. The van der Waals surface area contributed by atoms with Crippen LogP contribution in [0, 0.1) is 6.92 Å². The van der Waals surface area contributed by atoms with Crippen molar-refractivity contribution in [1.29, 1.82) is 0 Å². The first kappa shape index (κ1) is 16.1. The maximum atomic E-state index is 12.0. The standard InChI is InChI=1S/C16H21NO5/c1-9-7-10(17-14(19)22-15(2,3)4)8-11-12(9)13(18)21-16(5,6)20-11/h7-8H,1-6H3,(H,17,19). The van der Waals surface area contributed by atoms with Crippen LogP contribution in [-0.2, 0) is 9.47 Å². The zero-order chi connectivity index (χ0) is 16.7. The topological polar surface area (TPSA) is 73.9 Å². The molecule has 0 unspecified atom stereocenters. The van der Waals surface area contributed by atoms with E-state index in [1.807, 2.05) is 0 Å². The lowest BCUT2D eigenvalue weighted by Gasteiger charge is -2.32. The maximum absolute atomic E-state index is 12.0. The Morgan fingerprint density at radius 1 is 1.23 bits per heavy atom. The lowest BCUT2D eigenvalue weighted by molar-refractivity contribution is -0.127. The minimum absolute atomic E-state index is 0.370. The van der Waals surface area contributed by atoms with Crippen LogP contribution in [0.15, 0.2) is 12.1 Å². The van der Waals surface area contributed by atoms with Gasteiger partial charge in [-0.15, -0.1) is 0 Å². The Balaban J connectivity index is 2.28. The van der Waals surface area contributed by atoms with Gasteiger partial charge in [-0.1, -0.05) is 0 Å². The van der Waals surface area contributed by atoms with Crippen molar-refractivity contribution >= 4 is 17.7 Å². The highest BCUT2D eigenvalue weighted by Gasteiger charge is 2.35. The van der Waals surface area contributed by atoms with Crippen molar-refractivity contribution in [3.05, 3.63) is 23.3 Å². The molecule has 0 aliphatic carbocycles. The Kier molecular flexibility index (Phi) is 3.81. The van der Waals surface area contributed by atoms with Crippen LogP contribution in [0.2, 0.25) is 0 Å². The molecule has 6 nitrogen and oxygen atoms in total. The van der Waals surface area contributed by atoms with E-state index in [2.05, 4.69) is 5.32 Å². The molecule has 0 bridgehead atoms. The third-order valence-corrected chi connectivity index (χ3v) is 2.84. The van der Waals surface area contributed by atoms with Gasteiger partial charge >= 0.3 is 12.1 Å². The number of cyclic esters (lactones) is 1. The van der Waals surface area contributed by atoms with Crippen LogP contribution in [0.1, 0.15) is 50.5 Å². The number of fused-ring (bicyclic) bond motifs is 1. The summed E-state index contributed by atoms with van der Waals surface area (Å²) in [5, 5.41) is 2.64. The van der Waals surface area contributed by atoms with E-state index < -0.39 is 23.5 Å². The third-order valence-electron chi connectivity index (χ3n) is 2.84. The van der Waals surface area contributed by atoms with Crippen LogP contribution in [0.5, 0.6) is 5.75 Å². The molecule has 22 heavy (non-hydrogen) atoms. The molecule has 0 radical (unpaired) electrons. The van der Waals surface area contributed by atoms with Crippen molar-refractivity contribution in [1.82, 2.24) is 0 Å². The van der Waals surface area contributed by atoms with Crippen LogP contribution >= 0.6 is 0 Å². The van der Waals surface area contributed by atoms with Gasteiger partial charge in [0.25, 0.3) is 0 Å². The highest BCUT2D eigenvalue weighted by Crippen LogP contribution is 2.35. The summed E-state index contributed by atoms with van der Waals surface area (Å²) in [6.07, 6.45) is -0.565. The third kappa shape index (κ3) is 3.69. The number of nitrogens with one attached hydrogen (secondary N) is 1. The van der Waals surface area contributed by atoms with E-state index >= 15 is 0 Å². The first-order chi connectivity index (χ1) is 9.97. The van der Waals surface area contributed by atoms with E-state index in [0.717, 1.165) is 0 Å². The fourth-order valence-electron chi connectivity index (χ4n) is 2.15. The van der Waals surface area contributed by atoms with E-state index in [-0.39, 0.29) is 0 Å². The number of carbonyl (C=O) groups is 2. The van der Waals surface area contributed by atoms with Crippen molar-refractivity contribution in [2.24, 2.45) is 0 Å².